The fourth-order valence-electron chi connectivity index (χ4n) is 4.01. The molecule has 0 fully saturated rings. The van der Waals surface area contributed by atoms with E-state index >= 15 is 0 Å². The molecule has 2 unspecified atom stereocenters. The summed E-state index contributed by atoms with van der Waals surface area (Å²) in [6.45, 7) is 21.4. The molecule has 0 radical (unpaired) electrons. The van der Waals surface area contributed by atoms with Crippen LogP contribution in [0, 0.1) is 5.92 Å². The van der Waals surface area contributed by atoms with Gasteiger partial charge in [0.05, 0.1) is 0 Å². The van der Waals surface area contributed by atoms with Crippen molar-refractivity contribution in [1.82, 2.24) is 15.5 Å². The van der Waals surface area contributed by atoms with E-state index in [1.807, 2.05) is 58.9 Å². The van der Waals surface area contributed by atoms with Gasteiger partial charge in [-0.2, -0.15) is 0 Å². The second-order valence-electron chi connectivity index (χ2n) is 12.1. The monoisotopic (exact) mass is 515 g/mol. The number of hydrogen-bond donors (Lipinski definition) is 2. The lowest BCUT2D eigenvalue weighted by atomic mass is 9.97. The molecule has 0 aliphatic carbocycles. The summed E-state index contributed by atoms with van der Waals surface area (Å²) >= 11 is 0. The molecule has 0 aliphatic heterocycles. The van der Waals surface area contributed by atoms with Crippen molar-refractivity contribution in [3.05, 3.63) is 42.0 Å². The number of rotatable bonds is 12. The highest BCUT2D eigenvalue weighted by atomic mass is 16.6. The lowest BCUT2D eigenvalue weighted by molar-refractivity contribution is -0.143. The van der Waals surface area contributed by atoms with E-state index in [1.165, 1.54) is 0 Å². The van der Waals surface area contributed by atoms with Crippen LogP contribution in [0.1, 0.15) is 105 Å². The Balaban J connectivity index is 3.57. The third kappa shape index (κ3) is 11.8. The maximum atomic E-state index is 14.2. The molecule has 0 spiro atoms. The van der Waals surface area contributed by atoms with Crippen LogP contribution >= 0.6 is 0 Å². The van der Waals surface area contributed by atoms with Crippen molar-refractivity contribution in [3.8, 4) is 0 Å². The smallest absolute Gasteiger partial charge is 0.408 e. The lowest BCUT2D eigenvalue weighted by Gasteiger charge is -2.36. The highest BCUT2D eigenvalue weighted by Gasteiger charge is 2.37. The molecular formula is C30H49N3O4. The largest absolute Gasteiger partial charge is 0.444 e. The van der Waals surface area contributed by atoms with E-state index in [2.05, 4.69) is 24.1 Å². The number of ether oxygens (including phenoxy) is 1. The van der Waals surface area contributed by atoms with Gasteiger partial charge in [0.15, 0.2) is 0 Å². The zero-order valence-corrected chi connectivity index (χ0v) is 24.4. The van der Waals surface area contributed by atoms with Crippen LogP contribution in [0.5, 0.6) is 0 Å². The number of nitrogens with zero attached hydrogens (tertiary/aromatic N) is 1. The average molecular weight is 516 g/mol. The van der Waals surface area contributed by atoms with E-state index < -0.39 is 29.3 Å². The van der Waals surface area contributed by atoms with Gasteiger partial charge in [0.2, 0.25) is 11.8 Å². The molecule has 3 amide bonds. The third-order valence-electron chi connectivity index (χ3n) is 5.50. The van der Waals surface area contributed by atoms with E-state index in [4.69, 9.17) is 4.74 Å². The number of amides is 3. The summed E-state index contributed by atoms with van der Waals surface area (Å²) in [6.07, 6.45) is 4.12. The van der Waals surface area contributed by atoms with Crippen LogP contribution in [-0.4, -0.2) is 46.5 Å². The topological polar surface area (TPSA) is 87.7 Å². The van der Waals surface area contributed by atoms with Crippen LogP contribution in [0.3, 0.4) is 0 Å². The maximum Gasteiger partial charge on any atom is 0.408 e. The molecule has 0 saturated heterocycles. The molecule has 1 aromatic rings. The fourth-order valence-corrected chi connectivity index (χ4v) is 4.01. The van der Waals surface area contributed by atoms with E-state index in [0.717, 1.165) is 24.8 Å². The van der Waals surface area contributed by atoms with Gasteiger partial charge in [-0.05, 0) is 77.5 Å². The fraction of sp³-hybridized carbons (Fsp3) is 0.633. The Bertz CT molecular complexity index is 912. The van der Waals surface area contributed by atoms with Gasteiger partial charge in [0.25, 0.3) is 0 Å². The number of nitrogens with one attached hydrogen (secondary N) is 2. The van der Waals surface area contributed by atoms with Crippen molar-refractivity contribution < 1.29 is 19.1 Å². The molecule has 0 aromatic heterocycles. The minimum absolute atomic E-state index is 0.132. The number of carbonyl (C=O) groups excluding carboxylic acids is 3. The van der Waals surface area contributed by atoms with Gasteiger partial charge in [-0.15, -0.1) is 0 Å². The van der Waals surface area contributed by atoms with Crippen LogP contribution in [0.15, 0.2) is 30.8 Å². The van der Waals surface area contributed by atoms with Gasteiger partial charge < -0.3 is 20.3 Å². The predicted molar refractivity (Wildman–Crippen MR) is 151 cm³/mol. The number of alkyl carbamates (subject to hydrolysis) is 1. The molecule has 0 aliphatic rings. The van der Waals surface area contributed by atoms with Crippen molar-refractivity contribution in [3.63, 3.8) is 0 Å². The molecule has 2 N–H and O–H groups in total. The molecule has 1 rings (SSSR count). The highest BCUT2D eigenvalue weighted by molar-refractivity contribution is 5.92. The Morgan fingerprint density at radius 3 is 2.24 bits per heavy atom. The molecule has 37 heavy (non-hydrogen) atoms. The molecule has 0 heterocycles. The first-order chi connectivity index (χ1) is 17.1. The summed E-state index contributed by atoms with van der Waals surface area (Å²) < 4.78 is 5.46. The standard InChI is InChI=1S/C30H49N3O4/c1-11-13-14-18-33(27(35)24(19-21(3)4)31-28(36)37-30(8,9)10)25(26(34)32-29(5,6)7)23-17-15-16-22(12-2)20-23/h12,15-17,20-21,24-25H,2,11,13-14,18-19H2,1,3-10H3,(H,31,36)(H,32,34). The number of carbonyl (C=O) groups is 3. The van der Waals surface area contributed by atoms with Crippen LogP contribution in [0.2, 0.25) is 0 Å². The third-order valence-corrected chi connectivity index (χ3v) is 5.50. The van der Waals surface area contributed by atoms with E-state index in [-0.39, 0.29) is 17.7 Å². The van der Waals surface area contributed by atoms with Gasteiger partial charge in [0, 0.05) is 12.1 Å². The Labute approximate surface area is 224 Å². The number of hydrogen-bond acceptors (Lipinski definition) is 4. The van der Waals surface area contributed by atoms with Crippen molar-refractivity contribution in [2.75, 3.05) is 6.54 Å². The summed E-state index contributed by atoms with van der Waals surface area (Å²) in [7, 11) is 0. The molecule has 7 nitrogen and oxygen atoms in total. The minimum atomic E-state index is -0.862. The van der Waals surface area contributed by atoms with Crippen LogP contribution in [0.25, 0.3) is 6.08 Å². The van der Waals surface area contributed by atoms with Crippen molar-refractivity contribution in [1.29, 1.82) is 0 Å². The Kier molecular flexibility index (Phi) is 12.4. The minimum Gasteiger partial charge on any atom is -0.444 e. The Morgan fingerprint density at radius 1 is 1.08 bits per heavy atom. The second-order valence-corrected chi connectivity index (χ2v) is 12.1. The molecule has 7 heteroatoms. The maximum absolute atomic E-state index is 14.2. The summed E-state index contributed by atoms with van der Waals surface area (Å²) in [5.41, 5.74) is 0.369. The van der Waals surface area contributed by atoms with Crippen LogP contribution in [-0.2, 0) is 14.3 Å². The van der Waals surface area contributed by atoms with E-state index in [0.29, 0.717) is 18.5 Å². The Hall–Kier alpha value is -2.83. The summed E-state index contributed by atoms with van der Waals surface area (Å²) in [5, 5.41) is 5.85. The quantitative estimate of drug-likeness (QED) is 0.322. The van der Waals surface area contributed by atoms with Crippen LogP contribution < -0.4 is 10.6 Å². The van der Waals surface area contributed by atoms with Crippen molar-refractivity contribution in [2.45, 2.75) is 111 Å². The predicted octanol–water partition coefficient (Wildman–Crippen LogP) is 6.24. The SMILES string of the molecule is C=Cc1cccc(C(C(=O)NC(C)(C)C)N(CCCCC)C(=O)C(CC(C)C)NC(=O)OC(C)(C)C)c1. The van der Waals surface area contributed by atoms with Gasteiger partial charge in [0.1, 0.15) is 17.7 Å². The summed E-state index contributed by atoms with van der Waals surface area (Å²) in [4.78, 5) is 42.2. The zero-order valence-electron chi connectivity index (χ0n) is 24.4. The molecule has 0 saturated carbocycles. The molecule has 2 atom stereocenters. The molecule has 208 valence electrons. The summed E-state index contributed by atoms with van der Waals surface area (Å²) in [6, 6.07) is 5.83. The van der Waals surface area contributed by atoms with Gasteiger partial charge in [-0.1, -0.05) is 64.5 Å². The molecule has 1 aromatic carbocycles. The Morgan fingerprint density at radius 2 is 1.73 bits per heavy atom. The van der Waals surface area contributed by atoms with E-state index in [9.17, 15) is 14.4 Å². The van der Waals surface area contributed by atoms with Crippen molar-refractivity contribution in [2.24, 2.45) is 5.92 Å². The van der Waals surface area contributed by atoms with Gasteiger partial charge in [-0.25, -0.2) is 4.79 Å². The van der Waals surface area contributed by atoms with Gasteiger partial charge >= 0.3 is 6.09 Å². The first-order valence-corrected chi connectivity index (χ1v) is 13.4. The highest BCUT2D eigenvalue weighted by Crippen LogP contribution is 2.26. The number of benzene rings is 1. The van der Waals surface area contributed by atoms with Crippen LogP contribution in [0.4, 0.5) is 4.79 Å². The first-order valence-electron chi connectivity index (χ1n) is 13.4. The van der Waals surface area contributed by atoms with Crippen molar-refractivity contribution >= 4 is 24.0 Å². The average Bonchev–Trinajstić information content (AvgIpc) is 2.74. The molecule has 0 bridgehead atoms. The zero-order chi connectivity index (χ0) is 28.4. The van der Waals surface area contributed by atoms with E-state index in [1.54, 1.807) is 31.7 Å². The normalized spacial score (nSPS) is 13.5. The summed E-state index contributed by atoms with van der Waals surface area (Å²) in [5.74, 6) is -0.430. The van der Waals surface area contributed by atoms with Gasteiger partial charge in [-0.3, -0.25) is 9.59 Å². The lowest BCUT2D eigenvalue weighted by Crippen LogP contribution is -2.55. The second kappa shape index (κ2) is 14.2. The first kappa shape index (κ1) is 32.2. The molecular weight excluding hydrogens is 466 g/mol. The number of unbranched alkanes of at least 4 members (excludes halogenated alkanes) is 2.